The van der Waals surface area contributed by atoms with Gasteiger partial charge < -0.3 is 15.1 Å². The summed E-state index contributed by atoms with van der Waals surface area (Å²) in [4.78, 5) is 4.55. The minimum absolute atomic E-state index is 0.495. The molecule has 2 aliphatic heterocycles. The van der Waals surface area contributed by atoms with E-state index in [1.807, 2.05) is 0 Å². The number of nitrogens with one attached hydrogen (secondary N) is 2. The standard InChI is InChI=1S/C10H15N3O/c1-2-7(4-11-3-1)10-13-8-5-12-6-9(8)14-10/h7,11-12H,1-6H2. The monoisotopic (exact) mass is 193 g/mol. The van der Waals surface area contributed by atoms with Crippen molar-refractivity contribution < 1.29 is 4.42 Å². The molecular weight excluding hydrogens is 178 g/mol. The average Bonchev–Trinajstić information content (AvgIpc) is 2.78. The zero-order valence-electron chi connectivity index (χ0n) is 8.18. The first-order valence-corrected chi connectivity index (χ1v) is 5.33. The molecule has 0 bridgehead atoms. The summed E-state index contributed by atoms with van der Waals surface area (Å²) in [6.45, 7) is 3.88. The van der Waals surface area contributed by atoms with Crippen molar-refractivity contribution in [3.05, 3.63) is 17.3 Å². The van der Waals surface area contributed by atoms with Crippen molar-refractivity contribution >= 4 is 0 Å². The Bertz CT molecular complexity index is 307. The highest BCUT2D eigenvalue weighted by atomic mass is 16.4. The maximum atomic E-state index is 5.75. The van der Waals surface area contributed by atoms with Crippen LogP contribution in [0.15, 0.2) is 4.42 Å². The van der Waals surface area contributed by atoms with Crippen LogP contribution in [0.2, 0.25) is 0 Å². The number of piperidine rings is 1. The maximum absolute atomic E-state index is 5.75. The molecule has 3 heterocycles. The van der Waals surface area contributed by atoms with Crippen molar-refractivity contribution in [2.45, 2.75) is 31.8 Å². The molecule has 3 rings (SSSR count). The highest BCUT2D eigenvalue weighted by Gasteiger charge is 2.24. The SMILES string of the molecule is C1CNCC(c2nc3c(o2)CNC3)C1. The van der Waals surface area contributed by atoms with Crippen LogP contribution in [-0.2, 0) is 13.1 Å². The molecule has 0 aromatic carbocycles. The Labute approximate surface area is 83.1 Å². The van der Waals surface area contributed by atoms with Gasteiger partial charge in [0.1, 0.15) is 5.76 Å². The van der Waals surface area contributed by atoms with E-state index in [1.165, 1.54) is 12.8 Å². The molecule has 14 heavy (non-hydrogen) atoms. The van der Waals surface area contributed by atoms with Gasteiger partial charge >= 0.3 is 0 Å². The summed E-state index contributed by atoms with van der Waals surface area (Å²) in [5.41, 5.74) is 1.12. The van der Waals surface area contributed by atoms with Crippen LogP contribution in [0.4, 0.5) is 0 Å². The van der Waals surface area contributed by atoms with Crippen LogP contribution in [0.1, 0.15) is 36.1 Å². The molecule has 1 fully saturated rings. The third-order valence-corrected chi connectivity index (χ3v) is 3.02. The van der Waals surface area contributed by atoms with E-state index in [4.69, 9.17) is 4.42 Å². The zero-order valence-corrected chi connectivity index (χ0v) is 8.18. The number of fused-ring (bicyclic) bond motifs is 1. The van der Waals surface area contributed by atoms with E-state index in [-0.39, 0.29) is 0 Å². The first kappa shape index (κ1) is 8.44. The van der Waals surface area contributed by atoms with Crippen molar-refractivity contribution in [1.29, 1.82) is 0 Å². The van der Waals surface area contributed by atoms with Crippen LogP contribution in [-0.4, -0.2) is 18.1 Å². The fraction of sp³-hybridized carbons (Fsp3) is 0.700. The molecule has 1 saturated heterocycles. The van der Waals surface area contributed by atoms with E-state index >= 15 is 0 Å². The van der Waals surface area contributed by atoms with Gasteiger partial charge in [-0.15, -0.1) is 0 Å². The van der Waals surface area contributed by atoms with E-state index in [0.29, 0.717) is 5.92 Å². The largest absolute Gasteiger partial charge is 0.444 e. The fourth-order valence-corrected chi connectivity index (χ4v) is 2.21. The number of hydrogen-bond donors (Lipinski definition) is 2. The Morgan fingerprint density at radius 3 is 3.07 bits per heavy atom. The number of rotatable bonds is 1. The van der Waals surface area contributed by atoms with E-state index in [9.17, 15) is 0 Å². The van der Waals surface area contributed by atoms with Gasteiger partial charge in [-0.05, 0) is 19.4 Å². The van der Waals surface area contributed by atoms with Crippen LogP contribution in [0, 0.1) is 0 Å². The first-order chi connectivity index (χ1) is 6.93. The van der Waals surface area contributed by atoms with Crippen molar-refractivity contribution in [1.82, 2.24) is 15.6 Å². The van der Waals surface area contributed by atoms with Crippen molar-refractivity contribution in [3.8, 4) is 0 Å². The molecule has 0 aliphatic carbocycles. The molecule has 1 atom stereocenters. The molecule has 1 unspecified atom stereocenters. The van der Waals surface area contributed by atoms with Gasteiger partial charge in [0.05, 0.1) is 12.2 Å². The lowest BCUT2D eigenvalue weighted by Gasteiger charge is -2.19. The summed E-state index contributed by atoms with van der Waals surface area (Å²) in [7, 11) is 0. The highest BCUT2D eigenvalue weighted by Crippen LogP contribution is 2.26. The van der Waals surface area contributed by atoms with Crippen molar-refractivity contribution in [2.75, 3.05) is 13.1 Å². The molecule has 0 spiro atoms. The smallest absolute Gasteiger partial charge is 0.199 e. The second-order valence-electron chi connectivity index (χ2n) is 4.07. The number of oxazole rings is 1. The minimum atomic E-state index is 0.495. The van der Waals surface area contributed by atoms with E-state index in [1.54, 1.807) is 0 Å². The predicted molar refractivity (Wildman–Crippen MR) is 51.9 cm³/mol. The molecule has 2 N–H and O–H groups in total. The summed E-state index contributed by atoms with van der Waals surface area (Å²) in [5, 5.41) is 6.61. The predicted octanol–water partition coefficient (Wildman–Crippen LogP) is 0.745. The lowest BCUT2D eigenvalue weighted by atomic mass is 10.00. The summed E-state index contributed by atoms with van der Waals surface area (Å²) in [5.74, 6) is 2.49. The minimum Gasteiger partial charge on any atom is -0.444 e. The summed E-state index contributed by atoms with van der Waals surface area (Å²) in [6, 6.07) is 0. The second kappa shape index (κ2) is 3.37. The van der Waals surface area contributed by atoms with Gasteiger partial charge in [0, 0.05) is 19.0 Å². The van der Waals surface area contributed by atoms with Gasteiger partial charge in [-0.25, -0.2) is 4.98 Å². The van der Waals surface area contributed by atoms with Gasteiger partial charge in [-0.3, -0.25) is 0 Å². The Balaban J connectivity index is 1.82. The molecule has 0 saturated carbocycles. The zero-order chi connectivity index (χ0) is 9.38. The number of hydrogen-bond acceptors (Lipinski definition) is 4. The Hall–Kier alpha value is -0.870. The average molecular weight is 193 g/mol. The maximum Gasteiger partial charge on any atom is 0.199 e. The van der Waals surface area contributed by atoms with Crippen LogP contribution in [0.3, 0.4) is 0 Å². The van der Waals surface area contributed by atoms with Gasteiger partial charge in [0.2, 0.25) is 0 Å². The molecule has 4 nitrogen and oxygen atoms in total. The molecule has 2 aliphatic rings. The quantitative estimate of drug-likeness (QED) is 0.691. The lowest BCUT2D eigenvalue weighted by molar-refractivity contribution is 0.361. The van der Waals surface area contributed by atoms with E-state index < -0.39 is 0 Å². The number of nitrogens with zero attached hydrogens (tertiary/aromatic N) is 1. The van der Waals surface area contributed by atoms with Gasteiger partial charge in [0.15, 0.2) is 5.89 Å². The molecular formula is C10H15N3O. The Kier molecular flexibility index (Phi) is 2.03. The number of aromatic nitrogens is 1. The second-order valence-corrected chi connectivity index (χ2v) is 4.07. The molecule has 1 aromatic rings. The van der Waals surface area contributed by atoms with Crippen LogP contribution >= 0.6 is 0 Å². The lowest BCUT2D eigenvalue weighted by Crippen LogP contribution is -2.28. The van der Waals surface area contributed by atoms with Crippen molar-refractivity contribution in [3.63, 3.8) is 0 Å². The third-order valence-electron chi connectivity index (χ3n) is 3.02. The van der Waals surface area contributed by atoms with Crippen molar-refractivity contribution in [2.24, 2.45) is 0 Å². The molecule has 1 aromatic heterocycles. The van der Waals surface area contributed by atoms with Gasteiger partial charge in [0.25, 0.3) is 0 Å². The summed E-state index contributed by atoms with van der Waals surface area (Å²) >= 11 is 0. The Morgan fingerprint density at radius 1 is 1.29 bits per heavy atom. The van der Waals surface area contributed by atoms with E-state index in [0.717, 1.165) is 43.5 Å². The van der Waals surface area contributed by atoms with Crippen LogP contribution < -0.4 is 10.6 Å². The van der Waals surface area contributed by atoms with Crippen LogP contribution in [0.25, 0.3) is 0 Å². The Morgan fingerprint density at radius 2 is 2.29 bits per heavy atom. The topological polar surface area (TPSA) is 50.1 Å². The molecule has 0 radical (unpaired) electrons. The fourth-order valence-electron chi connectivity index (χ4n) is 2.21. The van der Waals surface area contributed by atoms with Gasteiger partial charge in [-0.1, -0.05) is 0 Å². The first-order valence-electron chi connectivity index (χ1n) is 5.33. The summed E-state index contributed by atoms with van der Waals surface area (Å²) < 4.78 is 5.75. The normalized spacial score (nSPS) is 26.4. The van der Waals surface area contributed by atoms with Crippen LogP contribution in [0.5, 0.6) is 0 Å². The molecule has 76 valence electrons. The molecule has 4 heteroatoms. The molecule has 0 amide bonds. The van der Waals surface area contributed by atoms with Gasteiger partial charge in [-0.2, -0.15) is 0 Å². The highest BCUT2D eigenvalue weighted by molar-refractivity contribution is 5.16. The third kappa shape index (κ3) is 1.35. The summed E-state index contributed by atoms with van der Waals surface area (Å²) in [6.07, 6.45) is 2.44. The van der Waals surface area contributed by atoms with E-state index in [2.05, 4.69) is 15.6 Å².